The fraction of sp³-hybridized carbons (Fsp3) is 0.0526. The van der Waals surface area contributed by atoms with Crippen LogP contribution in [0.2, 0.25) is 0 Å². The molecule has 3 aromatic rings. The Kier molecular flexibility index (Phi) is 4.83. The summed E-state index contributed by atoms with van der Waals surface area (Å²) in [5.41, 5.74) is 2.74. The van der Waals surface area contributed by atoms with Gasteiger partial charge in [0.15, 0.2) is 0 Å². The van der Waals surface area contributed by atoms with Crippen LogP contribution in [0.5, 0.6) is 0 Å². The normalized spacial score (nSPS) is 11.0. The van der Waals surface area contributed by atoms with Crippen LogP contribution in [0.25, 0.3) is 17.3 Å². The van der Waals surface area contributed by atoms with Crippen molar-refractivity contribution in [2.45, 2.75) is 6.54 Å². The molecule has 0 amide bonds. The predicted molar refractivity (Wildman–Crippen MR) is 97.1 cm³/mol. The molecule has 4 heteroatoms. The summed E-state index contributed by atoms with van der Waals surface area (Å²) in [7, 11) is 0. The summed E-state index contributed by atoms with van der Waals surface area (Å²) >= 11 is 3.45. The Morgan fingerprint density at radius 3 is 2.61 bits per heavy atom. The summed E-state index contributed by atoms with van der Waals surface area (Å²) in [6, 6.07) is 21.2. The monoisotopic (exact) mass is 366 g/mol. The maximum absolute atomic E-state index is 12.0. The highest BCUT2D eigenvalue weighted by molar-refractivity contribution is 9.10. The van der Waals surface area contributed by atoms with E-state index in [4.69, 9.17) is 0 Å². The first-order valence-corrected chi connectivity index (χ1v) is 8.07. The average Bonchev–Trinajstić information content (AvgIpc) is 2.57. The van der Waals surface area contributed by atoms with Crippen LogP contribution in [-0.4, -0.2) is 9.78 Å². The number of allylic oxidation sites excluding steroid dienone is 1. The van der Waals surface area contributed by atoms with Gasteiger partial charge in [0.2, 0.25) is 0 Å². The molecule has 0 aliphatic carbocycles. The molecular formula is C19H15BrN2O. The molecule has 23 heavy (non-hydrogen) atoms. The molecular weight excluding hydrogens is 352 g/mol. The maximum Gasteiger partial charge on any atom is 0.267 e. The zero-order valence-corrected chi connectivity index (χ0v) is 14.0. The van der Waals surface area contributed by atoms with E-state index in [0.29, 0.717) is 6.54 Å². The van der Waals surface area contributed by atoms with Crippen molar-refractivity contribution in [1.82, 2.24) is 9.78 Å². The molecule has 0 N–H and O–H groups in total. The van der Waals surface area contributed by atoms with Crippen molar-refractivity contribution >= 4 is 22.0 Å². The Hall–Kier alpha value is -2.46. The van der Waals surface area contributed by atoms with E-state index in [1.807, 2.05) is 66.7 Å². The van der Waals surface area contributed by atoms with E-state index in [2.05, 4.69) is 21.0 Å². The molecule has 0 unspecified atom stereocenters. The number of hydrogen-bond acceptors (Lipinski definition) is 2. The van der Waals surface area contributed by atoms with E-state index in [9.17, 15) is 4.79 Å². The molecule has 3 rings (SSSR count). The number of halogens is 1. The highest BCUT2D eigenvalue weighted by Gasteiger charge is 2.03. The van der Waals surface area contributed by atoms with Crippen molar-refractivity contribution in [1.29, 1.82) is 0 Å². The van der Waals surface area contributed by atoms with Crippen molar-refractivity contribution < 1.29 is 0 Å². The molecule has 0 fully saturated rings. The van der Waals surface area contributed by atoms with Gasteiger partial charge in [-0.2, -0.15) is 5.10 Å². The number of rotatable bonds is 4. The molecule has 0 saturated carbocycles. The van der Waals surface area contributed by atoms with Crippen LogP contribution in [0.1, 0.15) is 5.56 Å². The van der Waals surface area contributed by atoms with Crippen LogP contribution in [0.4, 0.5) is 0 Å². The van der Waals surface area contributed by atoms with Crippen molar-refractivity contribution in [2.24, 2.45) is 0 Å². The van der Waals surface area contributed by atoms with Crippen LogP contribution in [0.15, 0.2) is 82.1 Å². The van der Waals surface area contributed by atoms with Gasteiger partial charge < -0.3 is 0 Å². The van der Waals surface area contributed by atoms with Gasteiger partial charge in [0.05, 0.1) is 12.2 Å². The molecule has 1 aromatic heterocycles. The van der Waals surface area contributed by atoms with E-state index in [0.717, 1.165) is 21.3 Å². The summed E-state index contributed by atoms with van der Waals surface area (Å²) < 4.78 is 2.45. The minimum atomic E-state index is -0.110. The maximum atomic E-state index is 12.0. The highest BCUT2D eigenvalue weighted by Crippen LogP contribution is 2.20. The van der Waals surface area contributed by atoms with E-state index in [1.54, 1.807) is 12.1 Å². The SMILES string of the molecule is O=c1ccc(-c2cccc(Br)c2)nn1C/C=C/c1ccccc1. The second-order valence-corrected chi connectivity index (χ2v) is 5.98. The average molecular weight is 367 g/mol. The van der Waals surface area contributed by atoms with E-state index in [-0.39, 0.29) is 5.56 Å². The zero-order valence-electron chi connectivity index (χ0n) is 12.4. The summed E-state index contributed by atoms with van der Waals surface area (Å²) in [6.45, 7) is 0.440. The van der Waals surface area contributed by atoms with E-state index < -0.39 is 0 Å². The summed E-state index contributed by atoms with van der Waals surface area (Å²) in [6.07, 6.45) is 3.92. The van der Waals surface area contributed by atoms with Crippen LogP contribution in [0, 0.1) is 0 Å². The Bertz CT molecular complexity index is 885. The predicted octanol–water partition coefficient (Wildman–Crippen LogP) is 4.39. The lowest BCUT2D eigenvalue weighted by atomic mass is 10.1. The lowest BCUT2D eigenvalue weighted by Crippen LogP contribution is -2.21. The van der Waals surface area contributed by atoms with Gasteiger partial charge in [-0.15, -0.1) is 0 Å². The van der Waals surface area contributed by atoms with Crippen molar-refractivity contribution in [3.63, 3.8) is 0 Å². The molecule has 0 aliphatic heterocycles. The smallest absolute Gasteiger partial charge is 0.267 e. The Morgan fingerprint density at radius 1 is 1.00 bits per heavy atom. The molecule has 0 radical (unpaired) electrons. The topological polar surface area (TPSA) is 34.9 Å². The van der Waals surface area contributed by atoms with Gasteiger partial charge >= 0.3 is 0 Å². The van der Waals surface area contributed by atoms with Gasteiger partial charge in [-0.05, 0) is 23.8 Å². The van der Waals surface area contributed by atoms with Crippen LogP contribution < -0.4 is 5.56 Å². The van der Waals surface area contributed by atoms with Crippen molar-refractivity contribution in [3.8, 4) is 11.3 Å². The molecule has 0 atom stereocenters. The molecule has 3 nitrogen and oxygen atoms in total. The third kappa shape index (κ3) is 4.05. The number of nitrogens with zero attached hydrogens (tertiary/aromatic N) is 2. The van der Waals surface area contributed by atoms with Gasteiger partial charge in [0, 0.05) is 16.1 Å². The minimum absolute atomic E-state index is 0.110. The first-order chi connectivity index (χ1) is 11.2. The summed E-state index contributed by atoms with van der Waals surface area (Å²) in [5.74, 6) is 0. The fourth-order valence-corrected chi connectivity index (χ4v) is 2.63. The molecule has 0 spiro atoms. The zero-order chi connectivity index (χ0) is 16.1. The van der Waals surface area contributed by atoms with Gasteiger partial charge in [-0.25, -0.2) is 4.68 Å². The minimum Gasteiger partial charge on any atom is -0.268 e. The Balaban J connectivity index is 1.84. The second-order valence-electron chi connectivity index (χ2n) is 5.06. The van der Waals surface area contributed by atoms with E-state index in [1.165, 1.54) is 4.68 Å². The Labute approximate surface area is 143 Å². The van der Waals surface area contributed by atoms with Crippen LogP contribution in [0.3, 0.4) is 0 Å². The molecule has 2 aromatic carbocycles. The Morgan fingerprint density at radius 2 is 1.83 bits per heavy atom. The first-order valence-electron chi connectivity index (χ1n) is 7.28. The molecule has 0 aliphatic rings. The van der Waals surface area contributed by atoms with Crippen LogP contribution >= 0.6 is 15.9 Å². The summed E-state index contributed by atoms with van der Waals surface area (Å²) in [5, 5.41) is 4.45. The number of benzene rings is 2. The van der Waals surface area contributed by atoms with E-state index >= 15 is 0 Å². The van der Waals surface area contributed by atoms with Crippen molar-refractivity contribution in [2.75, 3.05) is 0 Å². The second kappa shape index (κ2) is 7.20. The van der Waals surface area contributed by atoms with Crippen LogP contribution in [-0.2, 0) is 6.54 Å². The number of hydrogen-bond donors (Lipinski definition) is 0. The van der Waals surface area contributed by atoms with Gasteiger partial charge in [-0.3, -0.25) is 4.79 Å². The molecule has 0 saturated heterocycles. The summed E-state index contributed by atoms with van der Waals surface area (Å²) in [4.78, 5) is 12.0. The standard InChI is InChI=1S/C19H15BrN2O/c20-17-10-4-9-16(14-17)18-11-12-19(23)22(21-18)13-5-8-15-6-2-1-3-7-15/h1-12,14H,13H2/b8-5+. The molecule has 114 valence electrons. The number of aromatic nitrogens is 2. The van der Waals surface area contributed by atoms with Gasteiger partial charge in [0.1, 0.15) is 0 Å². The lowest BCUT2D eigenvalue weighted by molar-refractivity contribution is 0.656. The lowest BCUT2D eigenvalue weighted by Gasteiger charge is -2.05. The highest BCUT2D eigenvalue weighted by atomic mass is 79.9. The largest absolute Gasteiger partial charge is 0.268 e. The third-order valence-corrected chi connectivity index (χ3v) is 3.87. The fourth-order valence-electron chi connectivity index (χ4n) is 2.23. The first kappa shape index (κ1) is 15.4. The van der Waals surface area contributed by atoms with Crippen molar-refractivity contribution in [3.05, 3.63) is 93.2 Å². The molecule has 1 heterocycles. The molecule has 0 bridgehead atoms. The quantitative estimate of drug-likeness (QED) is 0.686. The van der Waals surface area contributed by atoms with Gasteiger partial charge in [-0.1, -0.05) is 70.5 Å². The van der Waals surface area contributed by atoms with Gasteiger partial charge in [0.25, 0.3) is 5.56 Å². The third-order valence-electron chi connectivity index (χ3n) is 3.38.